The van der Waals surface area contributed by atoms with Gasteiger partial charge in [0.1, 0.15) is 5.82 Å². The molecule has 1 spiro atoms. The number of nitrogens with one attached hydrogen (secondary N) is 1. The Morgan fingerprint density at radius 1 is 1.16 bits per heavy atom. The van der Waals surface area contributed by atoms with Crippen LogP contribution in [-0.4, -0.2) is 25.9 Å². The Morgan fingerprint density at radius 3 is 2.72 bits per heavy atom. The van der Waals surface area contributed by atoms with Crippen LogP contribution in [0.3, 0.4) is 0 Å². The Hall–Kier alpha value is -3.49. The maximum Gasteiger partial charge on any atom is 0.272 e. The van der Waals surface area contributed by atoms with Gasteiger partial charge < -0.3 is 5.73 Å². The van der Waals surface area contributed by atoms with E-state index in [4.69, 9.17) is 17.3 Å². The number of fused-ring (bicyclic) bond motifs is 3. The van der Waals surface area contributed by atoms with Crippen molar-refractivity contribution in [2.24, 2.45) is 12.8 Å². The first kappa shape index (κ1) is 19.2. The minimum atomic E-state index is -0.491. The first-order valence-electron chi connectivity index (χ1n) is 10.3. The molecule has 0 saturated heterocycles. The van der Waals surface area contributed by atoms with E-state index in [1.165, 1.54) is 0 Å². The Bertz CT molecular complexity index is 1500. The second-order valence-corrected chi connectivity index (χ2v) is 8.79. The number of aromatic nitrogens is 4. The molecular weight excluding hydrogens is 428 g/mol. The number of aryl methyl sites for hydroxylation is 1. The van der Waals surface area contributed by atoms with Gasteiger partial charge in [0, 0.05) is 29.6 Å². The number of hydrogen-bond acceptors (Lipinski definition) is 5. The van der Waals surface area contributed by atoms with Crippen molar-refractivity contribution in [2.75, 3.05) is 4.90 Å². The highest BCUT2D eigenvalue weighted by atomic mass is 35.5. The van der Waals surface area contributed by atoms with Gasteiger partial charge in [0.2, 0.25) is 5.91 Å². The molecule has 32 heavy (non-hydrogen) atoms. The van der Waals surface area contributed by atoms with Crippen LogP contribution in [0, 0.1) is 0 Å². The van der Waals surface area contributed by atoms with Gasteiger partial charge in [-0.1, -0.05) is 17.7 Å². The Balaban J connectivity index is 1.57. The van der Waals surface area contributed by atoms with E-state index in [0.717, 1.165) is 35.2 Å². The topological polar surface area (TPSA) is 110 Å². The van der Waals surface area contributed by atoms with Gasteiger partial charge in [0.05, 0.1) is 28.4 Å². The second-order valence-electron chi connectivity index (χ2n) is 8.35. The third kappa shape index (κ3) is 2.47. The Labute approximate surface area is 187 Å². The first-order valence-corrected chi connectivity index (χ1v) is 10.7. The van der Waals surface area contributed by atoms with Crippen molar-refractivity contribution in [3.63, 3.8) is 0 Å². The van der Waals surface area contributed by atoms with Crippen molar-refractivity contribution in [1.29, 1.82) is 0 Å². The molecule has 3 N–H and O–H groups in total. The molecule has 2 aliphatic rings. The zero-order valence-electron chi connectivity index (χ0n) is 17.2. The quantitative estimate of drug-likeness (QED) is 0.502. The van der Waals surface area contributed by atoms with Crippen molar-refractivity contribution in [3.05, 3.63) is 69.2 Å². The molecule has 1 amide bonds. The van der Waals surface area contributed by atoms with Crippen molar-refractivity contribution < 1.29 is 4.79 Å². The predicted molar refractivity (Wildman–Crippen MR) is 122 cm³/mol. The smallest absolute Gasteiger partial charge is 0.272 e. The lowest BCUT2D eigenvalue weighted by molar-refractivity contribution is -0.119. The molecule has 0 bridgehead atoms. The highest BCUT2D eigenvalue weighted by Gasteiger charge is 2.60. The number of halogens is 1. The van der Waals surface area contributed by atoms with E-state index in [0.29, 0.717) is 27.3 Å². The van der Waals surface area contributed by atoms with Crippen molar-refractivity contribution in [2.45, 2.75) is 24.8 Å². The Morgan fingerprint density at radius 2 is 1.97 bits per heavy atom. The molecule has 2 aromatic carbocycles. The fourth-order valence-electron chi connectivity index (χ4n) is 4.79. The number of hydrogen-bond donors (Lipinski definition) is 2. The number of benzene rings is 2. The highest BCUT2D eigenvalue weighted by molar-refractivity contribution is 6.31. The molecule has 8 nitrogen and oxygen atoms in total. The van der Waals surface area contributed by atoms with E-state index in [9.17, 15) is 9.59 Å². The number of amides is 1. The molecule has 1 aliphatic carbocycles. The minimum Gasteiger partial charge on any atom is -0.325 e. The van der Waals surface area contributed by atoms with Crippen LogP contribution in [0.2, 0.25) is 5.02 Å². The molecule has 2 aromatic heterocycles. The standard InChI is InChI=1S/C23H19ClN6O2/c1-29-21(30-19-5-3-13(24)9-17(19)23(6-7-23)22(30)32)16(11-26-29)12-2-4-14-15(8-12)18(10-25)27-28-20(14)31/h2-5,8-9,11H,6-7,10,25H2,1H3,(H,28,31). The number of rotatable bonds is 3. The van der Waals surface area contributed by atoms with E-state index < -0.39 is 5.41 Å². The summed E-state index contributed by atoms with van der Waals surface area (Å²) < 4.78 is 1.71. The van der Waals surface area contributed by atoms with Crippen LogP contribution >= 0.6 is 11.6 Å². The molecule has 4 aromatic rings. The number of anilines is 2. The van der Waals surface area contributed by atoms with Crippen molar-refractivity contribution in [3.8, 4) is 11.1 Å². The van der Waals surface area contributed by atoms with Crippen molar-refractivity contribution >= 4 is 39.8 Å². The van der Waals surface area contributed by atoms with E-state index in [1.54, 1.807) is 27.9 Å². The molecule has 1 saturated carbocycles. The molecule has 0 radical (unpaired) electrons. The van der Waals surface area contributed by atoms with Gasteiger partial charge in [-0.15, -0.1) is 0 Å². The van der Waals surface area contributed by atoms with Crippen LogP contribution in [0.1, 0.15) is 24.1 Å². The van der Waals surface area contributed by atoms with Crippen LogP contribution in [-0.2, 0) is 23.8 Å². The lowest BCUT2D eigenvalue weighted by Crippen LogP contribution is -2.29. The van der Waals surface area contributed by atoms with Crippen LogP contribution in [0.5, 0.6) is 0 Å². The summed E-state index contributed by atoms with van der Waals surface area (Å²) in [7, 11) is 1.82. The van der Waals surface area contributed by atoms with Gasteiger partial charge in [-0.3, -0.25) is 19.2 Å². The summed E-state index contributed by atoms with van der Waals surface area (Å²) in [5.74, 6) is 0.718. The van der Waals surface area contributed by atoms with Crippen LogP contribution in [0.4, 0.5) is 11.5 Å². The van der Waals surface area contributed by atoms with Crippen LogP contribution in [0.15, 0.2) is 47.4 Å². The molecule has 3 heterocycles. The lowest BCUT2D eigenvalue weighted by atomic mass is 9.98. The van der Waals surface area contributed by atoms with Gasteiger partial charge in [0.15, 0.2) is 0 Å². The molecule has 160 valence electrons. The summed E-state index contributed by atoms with van der Waals surface area (Å²) in [5.41, 5.74) is 9.09. The van der Waals surface area contributed by atoms with E-state index in [2.05, 4.69) is 15.3 Å². The normalized spacial score (nSPS) is 16.2. The maximum atomic E-state index is 13.6. The number of H-pyrrole nitrogens is 1. The van der Waals surface area contributed by atoms with E-state index in [-0.39, 0.29) is 18.0 Å². The Kier molecular flexibility index (Phi) is 3.91. The third-order valence-electron chi connectivity index (χ3n) is 6.57. The highest BCUT2D eigenvalue weighted by Crippen LogP contribution is 2.60. The summed E-state index contributed by atoms with van der Waals surface area (Å²) in [6.07, 6.45) is 3.36. The minimum absolute atomic E-state index is 0.0427. The van der Waals surface area contributed by atoms with Gasteiger partial charge in [-0.2, -0.15) is 10.2 Å². The molecule has 9 heteroatoms. The summed E-state index contributed by atoms with van der Waals surface area (Å²) in [6.45, 7) is 0.192. The van der Waals surface area contributed by atoms with Crippen LogP contribution < -0.4 is 16.2 Å². The zero-order valence-corrected chi connectivity index (χ0v) is 18.0. The monoisotopic (exact) mass is 446 g/mol. The average molecular weight is 447 g/mol. The fraction of sp³-hybridized carbons (Fsp3) is 0.217. The predicted octanol–water partition coefficient (Wildman–Crippen LogP) is 3.15. The van der Waals surface area contributed by atoms with Gasteiger partial charge >= 0.3 is 0 Å². The molecule has 1 fully saturated rings. The summed E-state index contributed by atoms with van der Waals surface area (Å²) in [5, 5.41) is 12.8. The van der Waals surface area contributed by atoms with Crippen molar-refractivity contribution in [1.82, 2.24) is 20.0 Å². The number of carbonyl (C=O) groups is 1. The number of aromatic amines is 1. The number of carbonyl (C=O) groups excluding carboxylic acids is 1. The first-order chi connectivity index (χ1) is 15.4. The summed E-state index contributed by atoms with van der Waals surface area (Å²) in [6, 6.07) is 11.1. The van der Waals surface area contributed by atoms with E-state index >= 15 is 0 Å². The molecule has 0 unspecified atom stereocenters. The maximum absolute atomic E-state index is 13.6. The molecule has 0 atom stereocenters. The second kappa shape index (κ2) is 6.51. The molecule has 6 rings (SSSR count). The average Bonchev–Trinajstić information content (AvgIpc) is 3.47. The largest absolute Gasteiger partial charge is 0.325 e. The van der Waals surface area contributed by atoms with Gasteiger partial charge in [0.25, 0.3) is 5.56 Å². The van der Waals surface area contributed by atoms with E-state index in [1.807, 2.05) is 31.3 Å². The summed E-state index contributed by atoms with van der Waals surface area (Å²) >= 11 is 6.26. The van der Waals surface area contributed by atoms with Gasteiger partial charge in [-0.05, 0) is 54.3 Å². The third-order valence-corrected chi connectivity index (χ3v) is 6.80. The molecule has 1 aliphatic heterocycles. The lowest BCUT2D eigenvalue weighted by Gasteiger charge is -2.20. The molecular formula is C23H19ClN6O2. The zero-order chi connectivity index (χ0) is 22.2. The SMILES string of the molecule is Cn1ncc(-c2ccc3c(=O)[nH]nc(CN)c3c2)c1N1C(=O)C2(CC2)c2cc(Cl)ccc21. The van der Waals surface area contributed by atoms with Crippen LogP contribution in [0.25, 0.3) is 21.9 Å². The summed E-state index contributed by atoms with van der Waals surface area (Å²) in [4.78, 5) is 27.6. The number of nitrogens with two attached hydrogens (primary N) is 1. The fourth-order valence-corrected chi connectivity index (χ4v) is 4.96. The number of nitrogens with zero attached hydrogens (tertiary/aromatic N) is 4. The van der Waals surface area contributed by atoms with Gasteiger partial charge in [-0.25, -0.2) is 5.10 Å².